The molecular weight excluding hydrogens is 202 g/mol. The summed E-state index contributed by atoms with van der Waals surface area (Å²) < 4.78 is 1.89. The van der Waals surface area contributed by atoms with Gasteiger partial charge >= 0.3 is 0 Å². The molecule has 5 heteroatoms. The predicted molar refractivity (Wildman–Crippen MR) is 63.9 cm³/mol. The molecule has 1 aromatic carbocycles. The first kappa shape index (κ1) is 10.5. The fraction of sp³-hybridized carbons (Fsp3) is 0.273. The van der Waals surface area contributed by atoms with Crippen LogP contribution in [0, 0.1) is 6.92 Å². The van der Waals surface area contributed by atoms with Crippen molar-refractivity contribution in [3.05, 3.63) is 35.9 Å². The lowest BCUT2D eigenvalue weighted by molar-refractivity contribution is 0.812. The maximum absolute atomic E-state index is 5.69. The summed E-state index contributed by atoms with van der Waals surface area (Å²) in [5.41, 5.74) is 8.66. The Labute approximate surface area is 94.3 Å². The molecule has 0 amide bonds. The van der Waals surface area contributed by atoms with E-state index in [4.69, 9.17) is 5.73 Å². The number of rotatable bonds is 3. The average molecular weight is 217 g/mol. The molecule has 3 N–H and O–H groups in total. The van der Waals surface area contributed by atoms with Crippen molar-refractivity contribution in [2.24, 2.45) is 7.05 Å². The maximum atomic E-state index is 5.69. The second-order valence-corrected chi connectivity index (χ2v) is 3.79. The quantitative estimate of drug-likeness (QED) is 0.761. The third-order valence-corrected chi connectivity index (χ3v) is 2.49. The molecule has 5 nitrogen and oxygen atoms in total. The number of nitrogens with zero attached hydrogens (tertiary/aromatic N) is 3. The second kappa shape index (κ2) is 4.22. The highest BCUT2D eigenvalue weighted by molar-refractivity contribution is 5.57. The molecule has 1 heterocycles. The molecule has 0 aliphatic heterocycles. The zero-order chi connectivity index (χ0) is 11.5. The third-order valence-electron chi connectivity index (χ3n) is 2.49. The molecule has 0 saturated heterocycles. The number of nitrogens with one attached hydrogen (secondary N) is 1. The van der Waals surface area contributed by atoms with Crippen molar-refractivity contribution in [3.63, 3.8) is 0 Å². The van der Waals surface area contributed by atoms with E-state index in [9.17, 15) is 0 Å². The van der Waals surface area contributed by atoms with E-state index in [0.717, 1.165) is 22.8 Å². The molecule has 0 spiro atoms. The normalized spacial score (nSPS) is 10.4. The minimum Gasteiger partial charge on any atom is -0.399 e. The fourth-order valence-corrected chi connectivity index (χ4v) is 1.53. The van der Waals surface area contributed by atoms with Gasteiger partial charge in [0.05, 0.1) is 6.54 Å². The van der Waals surface area contributed by atoms with Crippen LogP contribution in [0.15, 0.2) is 24.5 Å². The molecule has 16 heavy (non-hydrogen) atoms. The van der Waals surface area contributed by atoms with E-state index >= 15 is 0 Å². The van der Waals surface area contributed by atoms with Crippen LogP contribution in [0.4, 0.5) is 11.4 Å². The van der Waals surface area contributed by atoms with Crippen LogP contribution in [-0.4, -0.2) is 14.8 Å². The molecule has 1 aromatic heterocycles. The van der Waals surface area contributed by atoms with Crippen molar-refractivity contribution < 1.29 is 0 Å². The van der Waals surface area contributed by atoms with Gasteiger partial charge in [-0.25, -0.2) is 0 Å². The van der Waals surface area contributed by atoms with Gasteiger partial charge in [-0.3, -0.25) is 0 Å². The lowest BCUT2D eigenvalue weighted by Crippen LogP contribution is -2.06. The van der Waals surface area contributed by atoms with Crippen LogP contribution >= 0.6 is 0 Å². The van der Waals surface area contributed by atoms with Crippen LogP contribution in [0.5, 0.6) is 0 Å². The Morgan fingerprint density at radius 3 is 2.88 bits per heavy atom. The van der Waals surface area contributed by atoms with Crippen LogP contribution in [0.2, 0.25) is 0 Å². The summed E-state index contributed by atoms with van der Waals surface area (Å²) in [4.78, 5) is 0. The Morgan fingerprint density at radius 2 is 2.25 bits per heavy atom. The smallest absolute Gasteiger partial charge is 0.151 e. The van der Waals surface area contributed by atoms with Gasteiger partial charge in [0, 0.05) is 18.4 Å². The third kappa shape index (κ3) is 2.13. The molecule has 0 aliphatic rings. The Hall–Kier alpha value is -2.04. The first-order valence-electron chi connectivity index (χ1n) is 5.09. The minimum absolute atomic E-state index is 0.654. The van der Waals surface area contributed by atoms with Gasteiger partial charge in [0.25, 0.3) is 0 Å². The molecule has 0 radical (unpaired) electrons. The van der Waals surface area contributed by atoms with E-state index in [1.54, 1.807) is 6.33 Å². The molecule has 0 atom stereocenters. The molecule has 0 saturated carbocycles. The Balaban J connectivity index is 2.08. The van der Waals surface area contributed by atoms with Gasteiger partial charge in [-0.1, -0.05) is 0 Å². The predicted octanol–water partition coefficient (Wildman–Crippen LogP) is 1.32. The lowest BCUT2D eigenvalue weighted by Gasteiger charge is -2.09. The van der Waals surface area contributed by atoms with Gasteiger partial charge in [0.2, 0.25) is 0 Å². The largest absolute Gasteiger partial charge is 0.399 e. The topological polar surface area (TPSA) is 68.8 Å². The lowest BCUT2D eigenvalue weighted by atomic mass is 10.2. The van der Waals surface area contributed by atoms with E-state index in [0.29, 0.717) is 6.54 Å². The van der Waals surface area contributed by atoms with Gasteiger partial charge in [0.15, 0.2) is 5.82 Å². The van der Waals surface area contributed by atoms with Crippen molar-refractivity contribution in [2.45, 2.75) is 13.5 Å². The van der Waals surface area contributed by atoms with Gasteiger partial charge in [-0.2, -0.15) is 0 Å². The summed E-state index contributed by atoms with van der Waals surface area (Å²) in [7, 11) is 1.92. The van der Waals surface area contributed by atoms with E-state index < -0.39 is 0 Å². The Kier molecular flexibility index (Phi) is 2.76. The summed E-state index contributed by atoms with van der Waals surface area (Å²) in [5, 5.41) is 11.1. The molecule has 2 aromatic rings. The number of benzene rings is 1. The van der Waals surface area contributed by atoms with E-state index in [1.165, 1.54) is 0 Å². The summed E-state index contributed by atoms with van der Waals surface area (Å²) in [6.45, 7) is 2.68. The van der Waals surface area contributed by atoms with Gasteiger partial charge in [-0.15, -0.1) is 10.2 Å². The van der Waals surface area contributed by atoms with Gasteiger partial charge in [0.1, 0.15) is 6.33 Å². The number of hydrogen-bond donors (Lipinski definition) is 2. The highest BCUT2D eigenvalue weighted by Gasteiger charge is 2.02. The SMILES string of the molecule is Cc1cc(N)ccc1NCc1nncn1C. The zero-order valence-electron chi connectivity index (χ0n) is 9.44. The van der Waals surface area contributed by atoms with Crippen LogP contribution in [0.3, 0.4) is 0 Å². The van der Waals surface area contributed by atoms with E-state index in [-0.39, 0.29) is 0 Å². The molecular formula is C11H15N5. The molecule has 0 aliphatic carbocycles. The molecule has 0 bridgehead atoms. The Morgan fingerprint density at radius 1 is 1.44 bits per heavy atom. The summed E-state index contributed by atoms with van der Waals surface area (Å²) in [5.74, 6) is 0.899. The number of nitrogen functional groups attached to an aromatic ring is 1. The summed E-state index contributed by atoms with van der Waals surface area (Å²) >= 11 is 0. The van der Waals surface area contributed by atoms with Crippen LogP contribution in [0.1, 0.15) is 11.4 Å². The maximum Gasteiger partial charge on any atom is 0.151 e. The first-order valence-corrected chi connectivity index (χ1v) is 5.09. The molecule has 2 rings (SSSR count). The first-order chi connectivity index (χ1) is 7.66. The Bertz CT molecular complexity index is 489. The number of nitrogens with two attached hydrogens (primary N) is 1. The minimum atomic E-state index is 0.654. The number of aryl methyl sites for hydroxylation is 2. The number of aromatic nitrogens is 3. The summed E-state index contributed by atoms with van der Waals surface area (Å²) in [6.07, 6.45) is 1.69. The molecule has 84 valence electrons. The van der Waals surface area contributed by atoms with Crippen LogP contribution in [-0.2, 0) is 13.6 Å². The second-order valence-electron chi connectivity index (χ2n) is 3.79. The van der Waals surface area contributed by atoms with Crippen molar-refractivity contribution in [1.29, 1.82) is 0 Å². The highest BCUT2D eigenvalue weighted by Crippen LogP contribution is 2.17. The standard InChI is InChI=1S/C11H15N5/c1-8-5-9(12)3-4-10(8)13-6-11-15-14-7-16(11)2/h3-5,7,13H,6,12H2,1-2H3. The molecule has 0 unspecified atom stereocenters. The number of hydrogen-bond acceptors (Lipinski definition) is 4. The van der Waals surface area contributed by atoms with E-state index in [2.05, 4.69) is 15.5 Å². The van der Waals surface area contributed by atoms with E-state index in [1.807, 2.05) is 36.7 Å². The zero-order valence-corrected chi connectivity index (χ0v) is 9.44. The number of anilines is 2. The van der Waals surface area contributed by atoms with Crippen LogP contribution < -0.4 is 11.1 Å². The van der Waals surface area contributed by atoms with Crippen molar-refractivity contribution >= 4 is 11.4 Å². The average Bonchev–Trinajstić information content (AvgIpc) is 2.63. The monoisotopic (exact) mass is 217 g/mol. The van der Waals surface area contributed by atoms with Gasteiger partial charge in [-0.05, 0) is 30.7 Å². The van der Waals surface area contributed by atoms with Crippen LogP contribution in [0.25, 0.3) is 0 Å². The highest BCUT2D eigenvalue weighted by atomic mass is 15.3. The molecule has 0 fully saturated rings. The van der Waals surface area contributed by atoms with Crippen molar-refractivity contribution in [1.82, 2.24) is 14.8 Å². The van der Waals surface area contributed by atoms with Crippen molar-refractivity contribution in [2.75, 3.05) is 11.1 Å². The fourth-order valence-electron chi connectivity index (χ4n) is 1.53. The summed E-state index contributed by atoms with van der Waals surface area (Å²) in [6, 6.07) is 5.80. The van der Waals surface area contributed by atoms with Crippen molar-refractivity contribution in [3.8, 4) is 0 Å². The van der Waals surface area contributed by atoms with Gasteiger partial charge < -0.3 is 15.6 Å².